The third kappa shape index (κ3) is 2.59. The Bertz CT molecular complexity index is 966. The van der Waals surface area contributed by atoms with Crippen LogP contribution in [0.1, 0.15) is 57.1 Å². The first kappa shape index (κ1) is 18.5. The van der Waals surface area contributed by atoms with Gasteiger partial charge in [-0.3, -0.25) is 4.79 Å². The normalized spacial score (nSPS) is 29.3. The lowest BCUT2D eigenvalue weighted by Gasteiger charge is -2.38. The molecule has 2 aromatic carbocycles. The van der Waals surface area contributed by atoms with Crippen molar-refractivity contribution in [2.24, 2.45) is 0 Å². The highest BCUT2D eigenvalue weighted by Gasteiger charge is 2.70. The monoisotopic (exact) mass is 387 g/mol. The Labute approximate surface area is 173 Å². The maximum Gasteiger partial charge on any atom is 0.307 e. The van der Waals surface area contributed by atoms with E-state index in [2.05, 4.69) is 79.4 Å². The zero-order chi connectivity index (χ0) is 20.1. The quantitative estimate of drug-likeness (QED) is 0.370. The van der Waals surface area contributed by atoms with Crippen LogP contribution in [-0.2, 0) is 21.5 Å². The Kier molecular flexibility index (Phi) is 4.31. The van der Waals surface area contributed by atoms with Crippen LogP contribution in [0.2, 0.25) is 0 Å². The Morgan fingerprint density at radius 1 is 1.07 bits per heavy atom. The van der Waals surface area contributed by atoms with Gasteiger partial charge in [0.05, 0.1) is 17.9 Å². The number of unbranched alkanes of at least 4 members (excludes halogenated alkanes) is 2. The molecular formula is C26H29NO2. The zero-order valence-corrected chi connectivity index (χ0v) is 17.4. The highest BCUT2D eigenvalue weighted by Crippen LogP contribution is 2.64. The highest BCUT2D eigenvalue weighted by atomic mass is 16.6. The number of ether oxygens (including phenoxy) is 1. The summed E-state index contributed by atoms with van der Waals surface area (Å²) in [6.45, 7) is 5.22. The molecule has 1 saturated heterocycles. The van der Waals surface area contributed by atoms with Gasteiger partial charge in [-0.25, -0.2) is 0 Å². The summed E-state index contributed by atoms with van der Waals surface area (Å²) >= 11 is 0. The van der Waals surface area contributed by atoms with Crippen molar-refractivity contribution in [3.8, 4) is 0 Å². The molecule has 1 fully saturated rings. The van der Waals surface area contributed by atoms with Crippen molar-refractivity contribution < 1.29 is 9.53 Å². The number of para-hydroxylation sites is 1. The number of esters is 1. The second-order valence-corrected chi connectivity index (χ2v) is 8.94. The molecule has 3 atom stereocenters. The molecule has 0 unspecified atom stereocenters. The van der Waals surface area contributed by atoms with E-state index in [1.807, 2.05) is 0 Å². The van der Waals surface area contributed by atoms with Gasteiger partial charge < -0.3 is 9.64 Å². The Balaban J connectivity index is 1.63. The summed E-state index contributed by atoms with van der Waals surface area (Å²) in [6, 6.07) is 19.5. The third-order valence-electron chi connectivity index (χ3n) is 7.18. The molecule has 3 aliphatic rings. The SMILES string of the molecule is CCCCCC1=C[C@]2(C)OC(=O)C[C@@]23c2ccccc2N(Cc2ccccc2)[C@@H]13. The first-order valence-electron chi connectivity index (χ1n) is 10.9. The van der Waals surface area contributed by atoms with Gasteiger partial charge in [-0.15, -0.1) is 0 Å². The Hall–Kier alpha value is -2.55. The summed E-state index contributed by atoms with van der Waals surface area (Å²) < 4.78 is 6.03. The van der Waals surface area contributed by atoms with Gasteiger partial charge in [-0.1, -0.05) is 68.3 Å². The van der Waals surface area contributed by atoms with Gasteiger partial charge in [0.15, 0.2) is 0 Å². The molecular weight excluding hydrogens is 358 g/mol. The highest BCUT2D eigenvalue weighted by molar-refractivity contribution is 5.83. The smallest absolute Gasteiger partial charge is 0.307 e. The number of fused-ring (bicyclic) bond motifs is 1. The van der Waals surface area contributed by atoms with E-state index in [9.17, 15) is 4.79 Å². The number of nitrogens with zero attached hydrogens (tertiary/aromatic N) is 1. The second-order valence-electron chi connectivity index (χ2n) is 8.94. The number of carbonyl (C=O) groups excluding carboxylic acids is 1. The summed E-state index contributed by atoms with van der Waals surface area (Å²) in [5.41, 5.74) is 4.41. The summed E-state index contributed by atoms with van der Waals surface area (Å²) in [6.07, 6.45) is 7.47. The van der Waals surface area contributed by atoms with Crippen LogP contribution < -0.4 is 4.90 Å². The minimum absolute atomic E-state index is 0.0716. The van der Waals surface area contributed by atoms with Crippen molar-refractivity contribution >= 4 is 11.7 Å². The van der Waals surface area contributed by atoms with Gasteiger partial charge in [0.2, 0.25) is 0 Å². The van der Waals surface area contributed by atoms with E-state index in [4.69, 9.17) is 4.74 Å². The lowest BCUT2D eigenvalue weighted by molar-refractivity contribution is -0.144. The molecule has 0 saturated carbocycles. The number of benzene rings is 2. The van der Waals surface area contributed by atoms with Crippen LogP contribution in [0.15, 0.2) is 66.2 Å². The molecule has 29 heavy (non-hydrogen) atoms. The predicted molar refractivity (Wildman–Crippen MR) is 116 cm³/mol. The lowest BCUT2D eigenvalue weighted by Crippen LogP contribution is -2.50. The van der Waals surface area contributed by atoms with Crippen molar-refractivity contribution in [2.45, 2.75) is 69.6 Å². The molecule has 2 aromatic rings. The first-order chi connectivity index (χ1) is 14.1. The van der Waals surface area contributed by atoms with E-state index < -0.39 is 5.60 Å². The number of hydrogen-bond donors (Lipinski definition) is 0. The number of carbonyl (C=O) groups is 1. The molecule has 3 heteroatoms. The summed E-state index contributed by atoms with van der Waals surface area (Å²) in [5, 5.41) is 0. The minimum atomic E-state index is -0.558. The van der Waals surface area contributed by atoms with Crippen molar-refractivity contribution in [1.82, 2.24) is 0 Å². The van der Waals surface area contributed by atoms with Gasteiger partial charge in [-0.05, 0) is 48.6 Å². The van der Waals surface area contributed by atoms with Crippen LogP contribution in [0, 0.1) is 0 Å². The van der Waals surface area contributed by atoms with Gasteiger partial charge in [0, 0.05) is 12.2 Å². The van der Waals surface area contributed by atoms with Gasteiger partial charge in [-0.2, -0.15) is 0 Å². The molecule has 1 spiro atoms. The number of hydrogen-bond acceptors (Lipinski definition) is 3. The van der Waals surface area contributed by atoms with Crippen molar-refractivity contribution in [1.29, 1.82) is 0 Å². The Morgan fingerprint density at radius 2 is 1.83 bits per heavy atom. The number of anilines is 1. The van der Waals surface area contributed by atoms with E-state index in [-0.39, 0.29) is 17.4 Å². The summed E-state index contributed by atoms with van der Waals surface area (Å²) in [7, 11) is 0. The molecule has 0 bridgehead atoms. The van der Waals surface area contributed by atoms with Crippen LogP contribution in [-0.4, -0.2) is 17.6 Å². The fourth-order valence-electron chi connectivity index (χ4n) is 6.00. The third-order valence-corrected chi connectivity index (χ3v) is 7.18. The number of rotatable bonds is 6. The van der Waals surface area contributed by atoms with Crippen LogP contribution in [0.25, 0.3) is 0 Å². The lowest BCUT2D eigenvalue weighted by atomic mass is 9.67. The fourth-order valence-corrected chi connectivity index (χ4v) is 6.00. The van der Waals surface area contributed by atoms with Gasteiger partial charge >= 0.3 is 5.97 Å². The summed E-state index contributed by atoms with van der Waals surface area (Å²) in [4.78, 5) is 15.1. The van der Waals surface area contributed by atoms with Crippen molar-refractivity contribution in [3.05, 3.63) is 77.4 Å². The fraction of sp³-hybridized carbons (Fsp3) is 0.423. The molecule has 0 aromatic heterocycles. The first-order valence-corrected chi connectivity index (χ1v) is 10.9. The van der Waals surface area contributed by atoms with Crippen LogP contribution >= 0.6 is 0 Å². The van der Waals surface area contributed by atoms with E-state index in [1.165, 1.54) is 41.6 Å². The second kappa shape index (κ2) is 6.76. The Morgan fingerprint density at radius 3 is 2.62 bits per heavy atom. The van der Waals surface area contributed by atoms with Gasteiger partial charge in [0.1, 0.15) is 5.60 Å². The molecule has 2 heterocycles. The van der Waals surface area contributed by atoms with Crippen molar-refractivity contribution in [3.63, 3.8) is 0 Å². The topological polar surface area (TPSA) is 29.5 Å². The van der Waals surface area contributed by atoms with Crippen LogP contribution in [0.3, 0.4) is 0 Å². The molecule has 0 amide bonds. The van der Waals surface area contributed by atoms with Crippen molar-refractivity contribution in [2.75, 3.05) is 4.90 Å². The van der Waals surface area contributed by atoms with E-state index >= 15 is 0 Å². The minimum Gasteiger partial charge on any atom is -0.454 e. The molecule has 1 aliphatic carbocycles. The zero-order valence-electron chi connectivity index (χ0n) is 17.4. The van der Waals surface area contributed by atoms with E-state index in [0.29, 0.717) is 6.42 Å². The maximum absolute atomic E-state index is 12.6. The largest absolute Gasteiger partial charge is 0.454 e. The molecule has 5 rings (SSSR count). The molecule has 0 N–H and O–H groups in total. The van der Waals surface area contributed by atoms with E-state index in [1.54, 1.807) is 0 Å². The maximum atomic E-state index is 12.6. The van der Waals surface area contributed by atoms with Crippen LogP contribution in [0.5, 0.6) is 0 Å². The average Bonchev–Trinajstić information content (AvgIpc) is 3.22. The molecule has 150 valence electrons. The predicted octanol–water partition coefficient (Wildman–Crippen LogP) is 5.54. The molecule has 0 radical (unpaired) electrons. The molecule has 3 nitrogen and oxygen atoms in total. The average molecular weight is 388 g/mol. The standard InChI is InChI=1S/C26H29NO2/c1-3-4-6-13-20-16-25(2)26(17-23(28)29-25)21-14-9-10-15-22(21)27(24(20)26)18-19-11-7-5-8-12-19/h5,7-12,14-16,24H,3-4,6,13,17-18H2,1-2H3/t24-,25-,26-/m0/s1. The van der Waals surface area contributed by atoms with Gasteiger partial charge in [0.25, 0.3) is 0 Å². The van der Waals surface area contributed by atoms with Crippen LogP contribution in [0.4, 0.5) is 5.69 Å². The molecule has 2 aliphatic heterocycles. The van der Waals surface area contributed by atoms with E-state index in [0.717, 1.165) is 13.0 Å². The summed E-state index contributed by atoms with van der Waals surface area (Å²) in [5.74, 6) is -0.0716.